The zero-order valence-electron chi connectivity index (χ0n) is 19.6. The van der Waals surface area contributed by atoms with Crippen molar-refractivity contribution in [1.82, 2.24) is 9.78 Å². The monoisotopic (exact) mass is 527 g/mol. The van der Waals surface area contributed by atoms with Gasteiger partial charge in [-0.1, -0.05) is 65.7 Å². The van der Waals surface area contributed by atoms with Crippen LogP contribution in [0.15, 0.2) is 84.3 Å². The summed E-state index contributed by atoms with van der Waals surface area (Å²) >= 11 is 12.4. The van der Waals surface area contributed by atoms with Crippen molar-refractivity contribution in [1.29, 1.82) is 5.26 Å². The Morgan fingerprint density at radius 1 is 1.05 bits per heavy atom. The van der Waals surface area contributed by atoms with E-state index in [1.54, 1.807) is 28.6 Å². The van der Waals surface area contributed by atoms with E-state index in [4.69, 9.17) is 38.8 Å². The second kappa shape index (κ2) is 8.41. The molecule has 7 nitrogen and oxygen atoms in total. The van der Waals surface area contributed by atoms with Crippen molar-refractivity contribution < 1.29 is 9.53 Å². The van der Waals surface area contributed by atoms with Crippen molar-refractivity contribution in [2.45, 2.75) is 18.9 Å². The van der Waals surface area contributed by atoms with Crippen molar-refractivity contribution >= 4 is 34.8 Å². The largest absolute Gasteiger partial charge is 0.422 e. The summed E-state index contributed by atoms with van der Waals surface area (Å²) in [6, 6.07) is 24.2. The fourth-order valence-electron chi connectivity index (χ4n) is 5.29. The van der Waals surface area contributed by atoms with Crippen LogP contribution in [0, 0.1) is 18.3 Å². The van der Waals surface area contributed by atoms with Gasteiger partial charge in [0.1, 0.15) is 17.1 Å². The van der Waals surface area contributed by atoms with Crippen LogP contribution in [0.5, 0.6) is 5.88 Å². The first kappa shape index (κ1) is 23.2. The van der Waals surface area contributed by atoms with Gasteiger partial charge in [0.2, 0.25) is 17.7 Å². The first-order chi connectivity index (χ1) is 17.9. The fourth-order valence-corrected chi connectivity index (χ4v) is 5.61. The second-order valence-corrected chi connectivity index (χ2v) is 9.69. The predicted molar refractivity (Wildman–Crippen MR) is 141 cm³/mol. The SMILES string of the molecule is Cc1nn(-c2ccccc2)c2c1[C@]1(C(=O)N(Cc3ccc(Cl)c(Cl)c3)c3ccccc31)C(C#N)=C(N)O2. The zero-order valence-corrected chi connectivity index (χ0v) is 21.1. The highest BCUT2D eigenvalue weighted by molar-refractivity contribution is 6.42. The fraction of sp³-hybridized carbons (Fsp3) is 0.107. The zero-order chi connectivity index (χ0) is 25.9. The summed E-state index contributed by atoms with van der Waals surface area (Å²) in [5.74, 6) is -0.147. The number of nitrogens with two attached hydrogens (primary N) is 1. The molecule has 1 atom stereocenters. The third-order valence-electron chi connectivity index (χ3n) is 6.82. The highest BCUT2D eigenvalue weighted by Crippen LogP contribution is 2.56. The molecule has 0 bridgehead atoms. The molecule has 37 heavy (non-hydrogen) atoms. The summed E-state index contributed by atoms with van der Waals surface area (Å²) in [5.41, 5.74) is 8.75. The number of para-hydroxylation sites is 2. The van der Waals surface area contributed by atoms with Gasteiger partial charge in [-0.05, 0) is 42.8 Å². The topological polar surface area (TPSA) is 97.2 Å². The lowest BCUT2D eigenvalue weighted by Gasteiger charge is -2.33. The quantitative estimate of drug-likeness (QED) is 0.384. The Morgan fingerprint density at radius 3 is 2.51 bits per heavy atom. The third kappa shape index (κ3) is 3.20. The smallest absolute Gasteiger partial charge is 0.248 e. The van der Waals surface area contributed by atoms with Gasteiger partial charge in [-0.2, -0.15) is 10.4 Å². The number of anilines is 1. The molecule has 0 unspecified atom stereocenters. The molecule has 1 spiro atoms. The summed E-state index contributed by atoms with van der Waals surface area (Å²) in [7, 11) is 0. The van der Waals surface area contributed by atoms with Gasteiger partial charge in [-0.15, -0.1) is 0 Å². The number of rotatable bonds is 3. The molecule has 2 N–H and O–H groups in total. The number of aromatic nitrogens is 2. The molecule has 0 saturated carbocycles. The minimum Gasteiger partial charge on any atom is -0.422 e. The summed E-state index contributed by atoms with van der Waals surface area (Å²) in [6.45, 7) is 2.02. The highest BCUT2D eigenvalue weighted by Gasteiger charge is 2.61. The van der Waals surface area contributed by atoms with Gasteiger partial charge in [0, 0.05) is 11.3 Å². The van der Waals surface area contributed by atoms with Crippen LogP contribution in [0.2, 0.25) is 10.0 Å². The second-order valence-electron chi connectivity index (χ2n) is 8.87. The number of nitrogens with zero attached hydrogens (tertiary/aromatic N) is 4. The van der Waals surface area contributed by atoms with Crippen LogP contribution in [0.3, 0.4) is 0 Å². The molecule has 0 radical (unpaired) electrons. The normalized spacial score (nSPS) is 18.0. The van der Waals surface area contributed by atoms with E-state index >= 15 is 0 Å². The lowest BCUT2D eigenvalue weighted by atomic mass is 9.69. The summed E-state index contributed by atoms with van der Waals surface area (Å²) in [5, 5.41) is 15.9. The van der Waals surface area contributed by atoms with E-state index in [1.165, 1.54) is 0 Å². The minimum atomic E-state index is -1.52. The van der Waals surface area contributed by atoms with Gasteiger partial charge in [0.05, 0.1) is 33.5 Å². The number of amides is 1. The Morgan fingerprint density at radius 2 is 1.78 bits per heavy atom. The number of benzene rings is 3. The summed E-state index contributed by atoms with van der Waals surface area (Å²) in [6.07, 6.45) is 0. The first-order valence-electron chi connectivity index (χ1n) is 11.5. The van der Waals surface area contributed by atoms with E-state index in [0.29, 0.717) is 38.4 Å². The van der Waals surface area contributed by atoms with Crippen LogP contribution in [0.4, 0.5) is 5.69 Å². The van der Waals surface area contributed by atoms with Crippen molar-refractivity contribution in [3.63, 3.8) is 0 Å². The molecule has 1 amide bonds. The predicted octanol–water partition coefficient (Wildman–Crippen LogP) is 5.41. The molecule has 4 aromatic rings. The summed E-state index contributed by atoms with van der Waals surface area (Å²) in [4.78, 5) is 16.3. The van der Waals surface area contributed by atoms with Crippen molar-refractivity contribution in [3.05, 3.63) is 117 Å². The molecule has 6 rings (SSSR count). The number of ether oxygens (including phenoxy) is 1. The van der Waals surface area contributed by atoms with Gasteiger partial charge in [-0.25, -0.2) is 4.68 Å². The lowest BCUT2D eigenvalue weighted by Crippen LogP contribution is -2.46. The molecule has 2 aliphatic rings. The van der Waals surface area contributed by atoms with Crippen molar-refractivity contribution in [2.75, 3.05) is 4.90 Å². The van der Waals surface area contributed by atoms with Crippen LogP contribution in [0.1, 0.15) is 22.4 Å². The molecule has 1 aromatic heterocycles. The van der Waals surface area contributed by atoms with Crippen LogP contribution >= 0.6 is 23.2 Å². The van der Waals surface area contributed by atoms with Crippen molar-refractivity contribution in [2.24, 2.45) is 5.73 Å². The van der Waals surface area contributed by atoms with E-state index < -0.39 is 5.41 Å². The van der Waals surface area contributed by atoms with Crippen LogP contribution < -0.4 is 15.4 Å². The average Bonchev–Trinajstić information content (AvgIpc) is 3.35. The van der Waals surface area contributed by atoms with Gasteiger partial charge in [-0.3, -0.25) is 4.79 Å². The van der Waals surface area contributed by atoms with Crippen LogP contribution in [-0.2, 0) is 16.8 Å². The number of hydrogen-bond acceptors (Lipinski definition) is 5. The van der Waals surface area contributed by atoms with Gasteiger partial charge < -0.3 is 15.4 Å². The standard InChI is InChI=1S/C28H19Cl2N5O2/c1-16-24-26(35(33-16)18-7-3-2-4-8-18)37-25(32)20(14-31)28(24)19-9-5-6-10-23(19)34(27(28)36)15-17-11-12-21(29)22(30)13-17/h2-13H,15,32H2,1H3/t28-/m1/s1. The molecule has 2 aliphatic heterocycles. The molecule has 9 heteroatoms. The maximum Gasteiger partial charge on any atom is 0.248 e. The maximum atomic E-state index is 14.6. The highest BCUT2D eigenvalue weighted by atomic mass is 35.5. The van der Waals surface area contributed by atoms with Gasteiger partial charge >= 0.3 is 0 Å². The minimum absolute atomic E-state index is 0.0322. The number of carbonyl (C=O) groups is 1. The Balaban J connectivity index is 1.61. The summed E-state index contributed by atoms with van der Waals surface area (Å²) < 4.78 is 7.62. The van der Waals surface area contributed by atoms with Gasteiger partial charge in [0.25, 0.3) is 0 Å². The first-order valence-corrected chi connectivity index (χ1v) is 12.2. The number of halogens is 2. The van der Waals surface area contributed by atoms with Crippen LogP contribution in [-0.4, -0.2) is 15.7 Å². The molecular formula is C28H19Cl2N5O2. The molecule has 3 heterocycles. The van der Waals surface area contributed by atoms with E-state index in [1.807, 2.05) is 60.7 Å². The Hall–Kier alpha value is -4.25. The Labute approximate surface area is 222 Å². The lowest BCUT2D eigenvalue weighted by molar-refractivity contribution is -0.121. The van der Waals surface area contributed by atoms with E-state index in [2.05, 4.69) is 6.07 Å². The van der Waals surface area contributed by atoms with E-state index in [0.717, 1.165) is 11.3 Å². The van der Waals surface area contributed by atoms with Gasteiger partial charge in [0.15, 0.2) is 0 Å². The number of nitriles is 1. The number of aryl methyl sites for hydroxylation is 1. The number of fused-ring (bicyclic) bond motifs is 4. The third-order valence-corrected chi connectivity index (χ3v) is 7.56. The Bertz CT molecular complexity index is 1670. The molecular weight excluding hydrogens is 509 g/mol. The van der Waals surface area contributed by atoms with Crippen molar-refractivity contribution in [3.8, 4) is 17.6 Å². The average molecular weight is 528 g/mol. The Kier molecular flexibility index (Phi) is 5.27. The number of carbonyl (C=O) groups excluding carboxylic acids is 1. The van der Waals surface area contributed by atoms with E-state index in [-0.39, 0.29) is 23.9 Å². The molecule has 0 aliphatic carbocycles. The molecule has 182 valence electrons. The number of hydrogen-bond donors (Lipinski definition) is 1. The molecule has 3 aromatic carbocycles. The van der Waals surface area contributed by atoms with E-state index in [9.17, 15) is 10.1 Å². The molecule has 0 saturated heterocycles. The van der Waals surface area contributed by atoms with Crippen LogP contribution in [0.25, 0.3) is 5.69 Å². The maximum absolute atomic E-state index is 14.6. The molecule has 0 fully saturated rings.